The SMILES string of the molecule is Cn1c(C(=O)N2CCN(Cc3ccc(OC(F)(F)C(F)F)cc3)CC2)cc2cc(Oc3ccc(NC(=O)c4ccc(C(F)(F)F)cc4)cn3)ccc21. The van der Waals surface area contributed by atoms with E-state index in [-0.39, 0.29) is 23.1 Å². The molecule has 0 radical (unpaired) electrons. The van der Waals surface area contributed by atoms with Gasteiger partial charge in [-0.2, -0.15) is 30.7 Å². The van der Waals surface area contributed by atoms with Crippen LogP contribution in [0.4, 0.5) is 36.4 Å². The lowest BCUT2D eigenvalue weighted by molar-refractivity contribution is -0.253. The first-order valence-corrected chi connectivity index (χ1v) is 15.8. The van der Waals surface area contributed by atoms with Gasteiger partial charge in [0.05, 0.1) is 17.4 Å². The summed E-state index contributed by atoms with van der Waals surface area (Å²) in [5, 5.41) is 3.33. The lowest BCUT2D eigenvalue weighted by atomic mass is 10.1. The maximum Gasteiger partial charge on any atom is 0.461 e. The van der Waals surface area contributed by atoms with Crippen LogP contribution in [0, 0.1) is 0 Å². The van der Waals surface area contributed by atoms with E-state index >= 15 is 0 Å². The van der Waals surface area contributed by atoms with Crippen molar-refractivity contribution in [3.8, 4) is 17.4 Å². The van der Waals surface area contributed by atoms with Crippen LogP contribution in [-0.4, -0.2) is 69.9 Å². The zero-order valence-corrected chi connectivity index (χ0v) is 27.3. The van der Waals surface area contributed by atoms with Gasteiger partial charge in [-0.15, -0.1) is 0 Å². The number of fused-ring (bicyclic) bond motifs is 1. The van der Waals surface area contributed by atoms with Gasteiger partial charge in [0, 0.05) is 62.3 Å². The minimum atomic E-state index is -4.58. The monoisotopic (exact) mass is 729 g/mol. The normalized spacial score (nSPS) is 14.1. The largest absolute Gasteiger partial charge is 0.461 e. The molecule has 3 aromatic carbocycles. The predicted octanol–water partition coefficient (Wildman–Crippen LogP) is 7.83. The predicted molar refractivity (Wildman–Crippen MR) is 176 cm³/mol. The number of alkyl halides is 7. The van der Waals surface area contributed by atoms with Crippen LogP contribution >= 0.6 is 0 Å². The van der Waals surface area contributed by atoms with Crippen molar-refractivity contribution in [2.24, 2.45) is 7.05 Å². The van der Waals surface area contributed by atoms with Gasteiger partial charge in [-0.25, -0.2) is 4.98 Å². The Morgan fingerprint density at radius 3 is 2.13 bits per heavy atom. The second-order valence-corrected chi connectivity index (χ2v) is 12.0. The molecule has 272 valence electrons. The number of aromatic nitrogens is 2. The highest BCUT2D eigenvalue weighted by Gasteiger charge is 2.44. The van der Waals surface area contributed by atoms with Crippen molar-refractivity contribution in [3.63, 3.8) is 0 Å². The number of anilines is 1. The minimum Gasteiger partial charge on any atom is -0.439 e. The van der Waals surface area contributed by atoms with E-state index < -0.39 is 30.2 Å². The standard InChI is InChI=1S/C36H30F7N5O4/c1-46-29-12-11-28(51-31-13-8-26(20-44-31)45-32(49)23-4-6-25(7-5-23)35(39,40)41)18-24(29)19-30(46)33(50)48-16-14-47(15-17-48)21-22-2-9-27(10-3-22)52-36(42,43)34(37)38/h2-13,18-20,34H,14-17,21H2,1H3,(H,45,49). The fraction of sp³-hybridized carbons (Fsp3) is 0.250. The molecule has 0 bridgehead atoms. The third-order valence-corrected chi connectivity index (χ3v) is 8.42. The lowest BCUT2D eigenvalue weighted by Crippen LogP contribution is -2.48. The Morgan fingerprint density at radius 1 is 0.846 bits per heavy atom. The molecule has 2 aromatic heterocycles. The van der Waals surface area contributed by atoms with Crippen LogP contribution < -0.4 is 14.8 Å². The highest BCUT2D eigenvalue weighted by atomic mass is 19.4. The van der Waals surface area contributed by atoms with Gasteiger partial charge in [0.25, 0.3) is 11.8 Å². The van der Waals surface area contributed by atoms with Crippen LogP contribution in [0.5, 0.6) is 17.4 Å². The summed E-state index contributed by atoms with van der Waals surface area (Å²) in [5.74, 6) is -0.460. The Labute approximate surface area is 292 Å². The van der Waals surface area contributed by atoms with Gasteiger partial charge >= 0.3 is 18.7 Å². The van der Waals surface area contributed by atoms with E-state index in [1.807, 2.05) is 6.07 Å². The average molecular weight is 730 g/mol. The van der Waals surface area contributed by atoms with Crippen molar-refractivity contribution in [1.29, 1.82) is 0 Å². The number of hydrogen-bond donors (Lipinski definition) is 1. The van der Waals surface area contributed by atoms with E-state index in [1.54, 1.807) is 34.7 Å². The van der Waals surface area contributed by atoms with Crippen LogP contribution in [0.25, 0.3) is 10.9 Å². The number of hydrogen-bond acceptors (Lipinski definition) is 6. The van der Waals surface area contributed by atoms with Crippen molar-refractivity contribution in [3.05, 3.63) is 114 Å². The van der Waals surface area contributed by atoms with E-state index in [2.05, 4.69) is 19.9 Å². The van der Waals surface area contributed by atoms with Crippen molar-refractivity contribution < 1.29 is 49.8 Å². The van der Waals surface area contributed by atoms with Crippen LogP contribution in [0.15, 0.2) is 91.1 Å². The third kappa shape index (κ3) is 8.28. The average Bonchev–Trinajstić information content (AvgIpc) is 3.44. The number of piperazine rings is 1. The van der Waals surface area contributed by atoms with Gasteiger partial charge in [-0.05, 0) is 72.3 Å². The molecule has 9 nitrogen and oxygen atoms in total. The molecule has 5 aromatic rings. The zero-order valence-electron chi connectivity index (χ0n) is 27.3. The van der Waals surface area contributed by atoms with E-state index in [0.29, 0.717) is 49.9 Å². The smallest absolute Gasteiger partial charge is 0.439 e. The maximum absolute atomic E-state index is 13.5. The molecule has 0 spiro atoms. The summed E-state index contributed by atoms with van der Waals surface area (Å²) in [7, 11) is 1.79. The minimum absolute atomic E-state index is 0.0483. The van der Waals surface area contributed by atoms with Gasteiger partial charge in [0.1, 0.15) is 17.2 Å². The number of ether oxygens (including phenoxy) is 2. The summed E-state index contributed by atoms with van der Waals surface area (Å²) in [6.45, 7) is 2.48. The Bertz CT molecular complexity index is 2040. The first-order chi connectivity index (χ1) is 24.7. The number of nitrogens with zero attached hydrogens (tertiary/aromatic N) is 4. The Hall–Kier alpha value is -5.64. The molecular weight excluding hydrogens is 699 g/mol. The molecule has 52 heavy (non-hydrogen) atoms. The summed E-state index contributed by atoms with van der Waals surface area (Å²) in [5.41, 5.74) is 1.54. The van der Waals surface area contributed by atoms with Crippen molar-refractivity contribution in [2.75, 3.05) is 31.5 Å². The molecule has 3 heterocycles. The molecule has 6 rings (SSSR count). The molecule has 2 amide bonds. The first kappa shape index (κ1) is 36.2. The Balaban J connectivity index is 1.02. The molecule has 1 N–H and O–H groups in total. The summed E-state index contributed by atoms with van der Waals surface area (Å²) >= 11 is 0. The number of aryl methyl sites for hydroxylation is 1. The maximum atomic E-state index is 13.5. The molecule has 0 saturated carbocycles. The van der Waals surface area contributed by atoms with Crippen molar-refractivity contribution >= 4 is 28.4 Å². The second kappa shape index (κ2) is 14.5. The molecule has 1 saturated heterocycles. The quantitative estimate of drug-likeness (QED) is 0.148. The fourth-order valence-electron chi connectivity index (χ4n) is 5.64. The highest BCUT2D eigenvalue weighted by Crippen LogP contribution is 2.31. The van der Waals surface area contributed by atoms with E-state index in [1.165, 1.54) is 42.6 Å². The van der Waals surface area contributed by atoms with Crippen LogP contribution in [0.1, 0.15) is 32.0 Å². The third-order valence-electron chi connectivity index (χ3n) is 8.42. The van der Waals surface area contributed by atoms with Crippen molar-refractivity contribution in [1.82, 2.24) is 19.4 Å². The number of pyridine rings is 1. The van der Waals surface area contributed by atoms with Crippen LogP contribution in [0.3, 0.4) is 0 Å². The van der Waals surface area contributed by atoms with Crippen LogP contribution in [-0.2, 0) is 19.8 Å². The lowest BCUT2D eigenvalue weighted by Gasteiger charge is -2.34. The molecule has 0 unspecified atom stereocenters. The number of carbonyl (C=O) groups is 2. The molecule has 0 aliphatic carbocycles. The van der Waals surface area contributed by atoms with E-state index in [4.69, 9.17) is 4.74 Å². The molecule has 1 aliphatic rings. The number of amides is 2. The number of carbonyl (C=O) groups excluding carboxylic acids is 2. The van der Waals surface area contributed by atoms with Gasteiger partial charge in [-0.1, -0.05) is 12.1 Å². The van der Waals surface area contributed by atoms with Crippen LogP contribution in [0.2, 0.25) is 0 Å². The van der Waals surface area contributed by atoms with Gasteiger partial charge in [0.2, 0.25) is 5.88 Å². The number of halogens is 7. The zero-order chi connectivity index (χ0) is 37.2. The van der Waals surface area contributed by atoms with Gasteiger partial charge < -0.3 is 24.3 Å². The summed E-state index contributed by atoms with van der Waals surface area (Å²) in [6, 6.07) is 19.5. The molecule has 1 aliphatic heterocycles. The fourth-order valence-corrected chi connectivity index (χ4v) is 5.64. The topological polar surface area (TPSA) is 88.9 Å². The van der Waals surface area contributed by atoms with E-state index in [0.717, 1.165) is 40.7 Å². The number of nitrogens with one attached hydrogen (secondary N) is 1. The Kier molecular flexibility index (Phi) is 10.1. The van der Waals surface area contributed by atoms with Crippen molar-refractivity contribution in [2.45, 2.75) is 25.3 Å². The molecule has 1 fully saturated rings. The second-order valence-electron chi connectivity index (χ2n) is 12.0. The number of rotatable bonds is 10. The molecular formula is C36H30F7N5O4. The van der Waals surface area contributed by atoms with Gasteiger partial charge in [0.15, 0.2) is 0 Å². The van der Waals surface area contributed by atoms with Gasteiger partial charge in [-0.3, -0.25) is 14.5 Å². The highest BCUT2D eigenvalue weighted by molar-refractivity contribution is 6.04. The molecule has 0 atom stereocenters. The molecule has 16 heteroatoms. The first-order valence-electron chi connectivity index (χ1n) is 15.8. The summed E-state index contributed by atoms with van der Waals surface area (Å²) < 4.78 is 101. The summed E-state index contributed by atoms with van der Waals surface area (Å²) in [4.78, 5) is 34.0. The Morgan fingerprint density at radius 2 is 1.52 bits per heavy atom. The number of benzene rings is 3. The summed E-state index contributed by atoms with van der Waals surface area (Å²) in [6.07, 6.45) is -11.7. The van der Waals surface area contributed by atoms with E-state index in [9.17, 15) is 40.3 Å².